The fourth-order valence-corrected chi connectivity index (χ4v) is 7.58. The summed E-state index contributed by atoms with van der Waals surface area (Å²) in [6, 6.07) is 0.373. The summed E-state index contributed by atoms with van der Waals surface area (Å²) in [4.78, 5) is 24.3. The van der Waals surface area contributed by atoms with Crippen LogP contribution in [0.5, 0.6) is 11.9 Å². The van der Waals surface area contributed by atoms with Gasteiger partial charge in [-0.3, -0.25) is 4.90 Å². The van der Waals surface area contributed by atoms with Crippen molar-refractivity contribution in [1.82, 2.24) is 29.8 Å². The van der Waals surface area contributed by atoms with Crippen molar-refractivity contribution in [3.05, 3.63) is 46.2 Å². The molecule has 2 fully saturated rings. The Hall–Kier alpha value is -4.38. The molecule has 3 aliphatic heterocycles. The molecule has 4 aromatic rings. The Morgan fingerprint density at radius 3 is 2.69 bits per heavy atom. The fourth-order valence-electron chi connectivity index (χ4n) is 7.28. The molecule has 3 aliphatic rings. The lowest BCUT2D eigenvalue weighted by Crippen LogP contribution is -2.43. The Morgan fingerprint density at radius 1 is 1.16 bits per heavy atom. The van der Waals surface area contributed by atoms with Gasteiger partial charge in [0.05, 0.1) is 23.8 Å². The van der Waals surface area contributed by atoms with Gasteiger partial charge in [-0.05, 0) is 45.4 Å². The van der Waals surface area contributed by atoms with Crippen molar-refractivity contribution in [2.24, 2.45) is 0 Å². The number of nitrogens with two attached hydrogens (primary N) is 2. The molecule has 4 aromatic heterocycles. The van der Waals surface area contributed by atoms with Crippen LogP contribution in [0.1, 0.15) is 50.3 Å². The zero-order valence-electron chi connectivity index (χ0n) is 26.2. The van der Waals surface area contributed by atoms with Crippen molar-refractivity contribution in [3.8, 4) is 23.1 Å². The number of hydrogen-bond acceptors (Lipinski definition) is 11. The Balaban J connectivity index is 1.45. The second-order valence-electron chi connectivity index (χ2n) is 12.6. The molecule has 2 saturated heterocycles. The molecule has 0 bridgehead atoms. The summed E-state index contributed by atoms with van der Waals surface area (Å²) >= 11 is 5.90. The first-order valence-corrected chi connectivity index (χ1v) is 15.8. The molecule has 260 valence electrons. The number of fused-ring (bicyclic) bond motifs is 1. The van der Waals surface area contributed by atoms with Gasteiger partial charge in [-0.1, -0.05) is 11.6 Å². The Kier molecular flexibility index (Phi) is 8.04. The maximum absolute atomic E-state index is 16.8. The van der Waals surface area contributed by atoms with Crippen LogP contribution in [0, 0.1) is 11.6 Å². The molecule has 0 amide bonds. The fraction of sp³-hybridized carbons (Fsp3) is 0.452. The molecule has 7 rings (SSSR count). The minimum Gasteiger partial charge on any atom is -0.475 e. The van der Waals surface area contributed by atoms with Gasteiger partial charge in [0.1, 0.15) is 70.0 Å². The van der Waals surface area contributed by atoms with E-state index in [9.17, 15) is 22.0 Å². The molecular formula is C31H30ClF6N9O2. The van der Waals surface area contributed by atoms with Crippen LogP contribution in [0.3, 0.4) is 0 Å². The lowest BCUT2D eigenvalue weighted by molar-refractivity contribution is -0.137. The van der Waals surface area contributed by atoms with E-state index in [2.05, 4.69) is 24.9 Å². The molecule has 0 radical (unpaired) electrons. The quantitative estimate of drug-likeness (QED) is 0.183. The molecule has 7 heterocycles. The van der Waals surface area contributed by atoms with E-state index in [0.29, 0.717) is 13.0 Å². The molecule has 0 aromatic carbocycles. The molecular weight excluding hydrogens is 680 g/mol. The van der Waals surface area contributed by atoms with Gasteiger partial charge in [0.2, 0.25) is 5.88 Å². The predicted molar refractivity (Wildman–Crippen MR) is 168 cm³/mol. The number of rotatable bonds is 6. The van der Waals surface area contributed by atoms with Gasteiger partial charge in [0, 0.05) is 24.1 Å². The summed E-state index contributed by atoms with van der Waals surface area (Å²) < 4.78 is 101. The van der Waals surface area contributed by atoms with Gasteiger partial charge >= 0.3 is 12.2 Å². The smallest absolute Gasteiger partial charge is 0.420 e. The van der Waals surface area contributed by atoms with E-state index in [1.165, 1.54) is 6.07 Å². The molecule has 0 aliphatic carbocycles. The molecule has 0 spiro atoms. The molecule has 18 heteroatoms. The lowest BCUT2D eigenvalue weighted by Gasteiger charge is -2.35. The number of nitrogens with zero attached hydrogens (tertiary/aromatic N) is 7. The minimum absolute atomic E-state index is 0.0259. The average molecular weight is 710 g/mol. The number of ether oxygens (including phenoxy) is 2. The number of halogens is 7. The normalized spacial score (nSPS) is 23.0. The number of nitrogen functional groups attached to an aromatic ring is 2. The second-order valence-corrected chi connectivity index (χ2v) is 13.0. The maximum Gasteiger partial charge on any atom is 0.420 e. The van der Waals surface area contributed by atoms with Crippen molar-refractivity contribution in [2.75, 3.05) is 42.7 Å². The van der Waals surface area contributed by atoms with E-state index in [1.54, 1.807) is 18.7 Å². The molecule has 0 saturated carbocycles. The predicted octanol–water partition coefficient (Wildman–Crippen LogP) is 5.90. The number of hydrogen-bond donors (Lipinski definition) is 2. The third-order valence-electron chi connectivity index (χ3n) is 9.44. The summed E-state index contributed by atoms with van der Waals surface area (Å²) in [7, 11) is 0. The average Bonchev–Trinajstić information content (AvgIpc) is 3.50. The summed E-state index contributed by atoms with van der Waals surface area (Å²) in [5, 5.41) is -1.08. The van der Waals surface area contributed by atoms with Crippen LogP contribution in [-0.2, 0) is 6.18 Å². The van der Waals surface area contributed by atoms with E-state index in [1.807, 2.05) is 4.90 Å². The van der Waals surface area contributed by atoms with E-state index < -0.39 is 74.9 Å². The first-order valence-electron chi connectivity index (χ1n) is 15.5. The molecule has 1 unspecified atom stereocenters. The highest BCUT2D eigenvalue weighted by Gasteiger charge is 2.49. The van der Waals surface area contributed by atoms with Crippen LogP contribution < -0.4 is 25.8 Å². The van der Waals surface area contributed by atoms with E-state index in [-0.39, 0.29) is 60.7 Å². The largest absolute Gasteiger partial charge is 0.475 e. The van der Waals surface area contributed by atoms with Crippen molar-refractivity contribution in [3.63, 3.8) is 0 Å². The standard InChI is InChI=1S/C31H30ClF6N9O2/c1-13-11-48-28-20-24(22(35)23(43-28)18-7-19(39)42-25(32)21(18)31(36,37)38)44-29(49-12-30-4-3-5-46(30)10-16(34)8-30)45-27(20)47(13)14(2)17-6-15(33)9-41-26(17)40/h6-7,9,13-14,16H,3-5,8,10-12H2,1-2H3,(H2,39,42)(H2,40,41)/t13-,14+,16+,30?/m0/s1. The van der Waals surface area contributed by atoms with Crippen molar-refractivity contribution < 1.29 is 35.8 Å². The molecule has 11 nitrogen and oxygen atoms in total. The van der Waals surface area contributed by atoms with Crippen molar-refractivity contribution in [2.45, 2.75) is 63.1 Å². The number of anilines is 3. The molecule has 49 heavy (non-hydrogen) atoms. The van der Waals surface area contributed by atoms with Gasteiger partial charge in [-0.15, -0.1) is 0 Å². The van der Waals surface area contributed by atoms with Crippen LogP contribution in [0.15, 0.2) is 18.3 Å². The minimum atomic E-state index is -5.07. The Morgan fingerprint density at radius 2 is 1.94 bits per heavy atom. The first kappa shape index (κ1) is 33.1. The molecule has 4 N–H and O–H groups in total. The summed E-state index contributed by atoms with van der Waals surface area (Å²) in [5.41, 5.74) is 8.03. The SMILES string of the molecule is C[C@H](c1cc(F)cnc1N)N1c2nc(OCC34CCCN3C[C@H](F)C4)nc3c(F)c(-c4cc(N)nc(Cl)c4C(F)(F)F)nc(c23)OC[C@@H]1C. The van der Waals surface area contributed by atoms with Gasteiger partial charge in [0.25, 0.3) is 0 Å². The third-order valence-corrected chi connectivity index (χ3v) is 9.71. The number of pyridine rings is 3. The van der Waals surface area contributed by atoms with Crippen LogP contribution in [0.2, 0.25) is 5.15 Å². The monoisotopic (exact) mass is 709 g/mol. The summed E-state index contributed by atoms with van der Waals surface area (Å²) in [6.45, 7) is 4.24. The topological polar surface area (TPSA) is 141 Å². The van der Waals surface area contributed by atoms with Gasteiger partial charge in [-0.25, -0.2) is 28.1 Å². The highest BCUT2D eigenvalue weighted by Crippen LogP contribution is 2.47. The van der Waals surface area contributed by atoms with Crippen molar-refractivity contribution >= 4 is 40.0 Å². The van der Waals surface area contributed by atoms with E-state index in [0.717, 1.165) is 18.7 Å². The zero-order valence-corrected chi connectivity index (χ0v) is 26.9. The first-order chi connectivity index (χ1) is 23.2. The zero-order chi connectivity index (χ0) is 35.0. The van der Waals surface area contributed by atoms with Gasteiger partial charge < -0.3 is 25.8 Å². The van der Waals surface area contributed by atoms with Gasteiger partial charge in [0.15, 0.2) is 5.82 Å². The van der Waals surface area contributed by atoms with Crippen LogP contribution in [0.25, 0.3) is 22.2 Å². The Labute approximate surface area is 280 Å². The maximum atomic E-state index is 16.8. The van der Waals surface area contributed by atoms with Crippen LogP contribution >= 0.6 is 11.6 Å². The summed E-state index contributed by atoms with van der Waals surface area (Å²) in [5.74, 6) is -2.55. The second kappa shape index (κ2) is 11.9. The number of aromatic nitrogens is 5. The van der Waals surface area contributed by atoms with Crippen molar-refractivity contribution in [1.29, 1.82) is 0 Å². The molecule has 4 atom stereocenters. The van der Waals surface area contributed by atoms with Crippen LogP contribution in [0.4, 0.5) is 43.8 Å². The highest BCUT2D eigenvalue weighted by molar-refractivity contribution is 6.30. The summed E-state index contributed by atoms with van der Waals surface area (Å²) in [6.07, 6.45) is -3.44. The van der Waals surface area contributed by atoms with Gasteiger partial charge in [-0.2, -0.15) is 23.1 Å². The van der Waals surface area contributed by atoms with E-state index in [4.69, 9.17) is 32.5 Å². The highest BCUT2D eigenvalue weighted by atomic mass is 35.5. The lowest BCUT2D eigenvalue weighted by atomic mass is 9.95. The van der Waals surface area contributed by atoms with Crippen LogP contribution in [-0.4, -0.2) is 73.9 Å². The third kappa shape index (κ3) is 5.65. The van der Waals surface area contributed by atoms with E-state index >= 15 is 4.39 Å². The number of alkyl halides is 4. The Bertz CT molecular complexity index is 1970.